The van der Waals surface area contributed by atoms with E-state index in [1.54, 1.807) is 34.0 Å². The molecule has 0 unspecified atom stereocenters. The molecule has 1 amide bonds. The number of piperidine rings is 1. The molecule has 1 aliphatic heterocycles. The van der Waals surface area contributed by atoms with Gasteiger partial charge in [0.2, 0.25) is 0 Å². The van der Waals surface area contributed by atoms with Gasteiger partial charge in [-0.25, -0.2) is 9.07 Å². The maximum atomic E-state index is 13.0. The van der Waals surface area contributed by atoms with Gasteiger partial charge in [0, 0.05) is 19.3 Å². The van der Waals surface area contributed by atoms with Crippen LogP contribution in [0.2, 0.25) is 0 Å². The Hall–Kier alpha value is -1.92. The lowest BCUT2D eigenvalue weighted by Gasteiger charge is -2.31. The number of carbonyl (C=O) groups excluding carboxylic acids is 1. The molecule has 1 N–H and O–H groups in total. The monoisotopic (exact) mass is 338 g/mol. The molecule has 124 valence electrons. The molecule has 3 rings (SSSR count). The standard InChI is InChI=1S/C16H19FN4O.ClH/c1-20(13-6-9-18-10-7-13)16(22)15-8-11-21(19-15)14-4-2-12(17)3-5-14;/h2-5,8,11,13,18H,6-7,9-10H2,1H3;1H. The second-order valence-electron chi connectivity index (χ2n) is 5.52. The summed E-state index contributed by atoms with van der Waals surface area (Å²) in [5, 5.41) is 7.60. The first-order chi connectivity index (χ1) is 10.6. The van der Waals surface area contributed by atoms with Crippen LogP contribution in [-0.2, 0) is 0 Å². The normalized spacial score (nSPS) is 15.0. The number of aromatic nitrogens is 2. The van der Waals surface area contributed by atoms with Gasteiger partial charge >= 0.3 is 0 Å². The number of carbonyl (C=O) groups is 1. The first kappa shape index (κ1) is 17.4. The molecule has 23 heavy (non-hydrogen) atoms. The van der Waals surface area contributed by atoms with E-state index in [4.69, 9.17) is 0 Å². The molecule has 0 spiro atoms. The zero-order valence-corrected chi connectivity index (χ0v) is 13.7. The molecule has 0 radical (unpaired) electrons. The van der Waals surface area contributed by atoms with E-state index in [0.717, 1.165) is 31.6 Å². The van der Waals surface area contributed by atoms with Crippen molar-refractivity contribution >= 4 is 18.3 Å². The third-order valence-electron chi connectivity index (χ3n) is 4.08. The van der Waals surface area contributed by atoms with Gasteiger partial charge in [-0.15, -0.1) is 12.4 Å². The first-order valence-electron chi connectivity index (χ1n) is 7.44. The fraction of sp³-hybridized carbons (Fsp3) is 0.375. The lowest BCUT2D eigenvalue weighted by atomic mass is 10.1. The van der Waals surface area contributed by atoms with Crippen LogP contribution < -0.4 is 5.32 Å². The minimum Gasteiger partial charge on any atom is -0.337 e. The molecule has 1 saturated heterocycles. The summed E-state index contributed by atoms with van der Waals surface area (Å²) < 4.78 is 14.5. The maximum Gasteiger partial charge on any atom is 0.274 e. The molecule has 1 aromatic carbocycles. The van der Waals surface area contributed by atoms with Crippen molar-refractivity contribution in [2.45, 2.75) is 18.9 Å². The topological polar surface area (TPSA) is 50.2 Å². The Labute approximate surface area is 140 Å². The lowest BCUT2D eigenvalue weighted by molar-refractivity contribution is 0.0697. The highest BCUT2D eigenvalue weighted by molar-refractivity contribution is 5.92. The van der Waals surface area contributed by atoms with Crippen molar-refractivity contribution in [3.05, 3.63) is 48.0 Å². The molecule has 0 atom stereocenters. The Morgan fingerprint density at radius 3 is 2.57 bits per heavy atom. The van der Waals surface area contributed by atoms with Crippen molar-refractivity contribution in [1.82, 2.24) is 20.0 Å². The molecule has 2 heterocycles. The lowest BCUT2D eigenvalue weighted by Crippen LogP contribution is -2.44. The smallest absolute Gasteiger partial charge is 0.274 e. The summed E-state index contributed by atoms with van der Waals surface area (Å²) in [6, 6.07) is 7.97. The van der Waals surface area contributed by atoms with Gasteiger partial charge in [-0.2, -0.15) is 5.10 Å². The third-order valence-corrected chi connectivity index (χ3v) is 4.08. The van der Waals surface area contributed by atoms with Crippen LogP contribution in [0.4, 0.5) is 4.39 Å². The van der Waals surface area contributed by atoms with Gasteiger partial charge in [-0.05, 0) is 56.3 Å². The maximum absolute atomic E-state index is 13.0. The number of benzene rings is 1. The number of nitrogens with zero attached hydrogens (tertiary/aromatic N) is 3. The summed E-state index contributed by atoms with van der Waals surface area (Å²) in [4.78, 5) is 14.3. The van der Waals surface area contributed by atoms with Crippen molar-refractivity contribution in [3.63, 3.8) is 0 Å². The fourth-order valence-electron chi connectivity index (χ4n) is 2.72. The SMILES string of the molecule is CN(C(=O)c1ccn(-c2ccc(F)cc2)n1)C1CCNCC1.Cl. The van der Waals surface area contributed by atoms with Crippen LogP contribution in [0.25, 0.3) is 5.69 Å². The molecular weight excluding hydrogens is 319 g/mol. The van der Waals surface area contributed by atoms with Crippen LogP contribution in [0.5, 0.6) is 0 Å². The Bertz CT molecular complexity index is 652. The molecule has 1 aromatic heterocycles. The summed E-state index contributed by atoms with van der Waals surface area (Å²) in [6.07, 6.45) is 3.64. The van der Waals surface area contributed by atoms with Crippen molar-refractivity contribution in [2.24, 2.45) is 0 Å². The number of hydrogen-bond acceptors (Lipinski definition) is 3. The Morgan fingerprint density at radius 1 is 1.26 bits per heavy atom. The van der Waals surface area contributed by atoms with Crippen LogP contribution in [-0.4, -0.2) is 46.8 Å². The third kappa shape index (κ3) is 3.89. The molecular formula is C16H20ClFN4O. The van der Waals surface area contributed by atoms with Gasteiger partial charge in [0.05, 0.1) is 5.69 Å². The summed E-state index contributed by atoms with van der Waals surface area (Å²) in [5.74, 6) is -0.370. The van der Waals surface area contributed by atoms with Gasteiger partial charge in [-0.3, -0.25) is 4.79 Å². The number of hydrogen-bond donors (Lipinski definition) is 1. The number of halogens is 2. The number of nitrogens with one attached hydrogen (secondary N) is 1. The van der Waals surface area contributed by atoms with Crippen molar-refractivity contribution in [3.8, 4) is 5.69 Å². The summed E-state index contributed by atoms with van der Waals surface area (Å²) in [7, 11) is 1.83. The van der Waals surface area contributed by atoms with E-state index in [0.29, 0.717) is 5.69 Å². The van der Waals surface area contributed by atoms with E-state index in [1.807, 2.05) is 7.05 Å². The predicted molar refractivity (Wildman–Crippen MR) is 88.8 cm³/mol. The average Bonchev–Trinajstić information content (AvgIpc) is 3.05. The van der Waals surface area contributed by atoms with E-state index in [9.17, 15) is 9.18 Å². The van der Waals surface area contributed by atoms with Crippen LogP contribution in [0.15, 0.2) is 36.5 Å². The van der Waals surface area contributed by atoms with Crippen LogP contribution in [0, 0.1) is 5.82 Å². The second kappa shape index (κ2) is 7.57. The Morgan fingerprint density at radius 2 is 1.91 bits per heavy atom. The minimum absolute atomic E-state index is 0. The largest absolute Gasteiger partial charge is 0.337 e. The average molecular weight is 339 g/mol. The predicted octanol–water partition coefficient (Wildman–Crippen LogP) is 2.26. The van der Waals surface area contributed by atoms with Crippen LogP contribution >= 0.6 is 12.4 Å². The van der Waals surface area contributed by atoms with Crippen LogP contribution in [0.3, 0.4) is 0 Å². The highest BCUT2D eigenvalue weighted by Gasteiger charge is 2.24. The van der Waals surface area contributed by atoms with Gasteiger partial charge < -0.3 is 10.2 Å². The molecule has 2 aromatic rings. The van der Waals surface area contributed by atoms with E-state index in [2.05, 4.69) is 10.4 Å². The number of amides is 1. The highest BCUT2D eigenvalue weighted by atomic mass is 35.5. The molecule has 1 fully saturated rings. The van der Waals surface area contributed by atoms with E-state index in [1.165, 1.54) is 12.1 Å². The van der Waals surface area contributed by atoms with Crippen LogP contribution in [0.1, 0.15) is 23.3 Å². The first-order valence-corrected chi connectivity index (χ1v) is 7.44. The molecule has 0 saturated carbocycles. The van der Waals surface area contributed by atoms with E-state index in [-0.39, 0.29) is 30.2 Å². The molecule has 7 heteroatoms. The molecule has 5 nitrogen and oxygen atoms in total. The molecule has 0 aliphatic carbocycles. The van der Waals surface area contributed by atoms with Gasteiger partial charge in [0.1, 0.15) is 5.82 Å². The summed E-state index contributed by atoms with van der Waals surface area (Å²) in [6.45, 7) is 1.87. The van der Waals surface area contributed by atoms with Gasteiger partial charge in [-0.1, -0.05) is 0 Å². The minimum atomic E-state index is -0.294. The Kier molecular flexibility index (Phi) is 5.74. The quantitative estimate of drug-likeness (QED) is 0.934. The zero-order chi connectivity index (χ0) is 15.5. The van der Waals surface area contributed by atoms with E-state index < -0.39 is 0 Å². The summed E-state index contributed by atoms with van der Waals surface area (Å²) >= 11 is 0. The van der Waals surface area contributed by atoms with Crippen molar-refractivity contribution in [2.75, 3.05) is 20.1 Å². The fourth-order valence-corrected chi connectivity index (χ4v) is 2.72. The number of rotatable bonds is 3. The molecule has 0 bridgehead atoms. The van der Waals surface area contributed by atoms with E-state index >= 15 is 0 Å². The Balaban J connectivity index is 0.00000192. The summed E-state index contributed by atoms with van der Waals surface area (Å²) in [5.41, 5.74) is 1.13. The van der Waals surface area contributed by atoms with Gasteiger partial charge in [0.15, 0.2) is 5.69 Å². The van der Waals surface area contributed by atoms with Crippen molar-refractivity contribution in [1.29, 1.82) is 0 Å². The van der Waals surface area contributed by atoms with Gasteiger partial charge in [0.25, 0.3) is 5.91 Å². The zero-order valence-electron chi connectivity index (χ0n) is 12.9. The second-order valence-corrected chi connectivity index (χ2v) is 5.52. The highest BCUT2D eigenvalue weighted by Crippen LogP contribution is 2.14. The molecule has 1 aliphatic rings. The van der Waals surface area contributed by atoms with Crippen molar-refractivity contribution < 1.29 is 9.18 Å².